The van der Waals surface area contributed by atoms with E-state index in [1.807, 2.05) is 0 Å². The van der Waals surface area contributed by atoms with E-state index in [0.29, 0.717) is 19.3 Å². The van der Waals surface area contributed by atoms with Crippen LogP contribution < -0.4 is 0 Å². The van der Waals surface area contributed by atoms with Crippen molar-refractivity contribution in [2.24, 2.45) is 0 Å². The predicted molar refractivity (Wildman–Crippen MR) is 349 cm³/mol. The van der Waals surface area contributed by atoms with Gasteiger partial charge in [-0.15, -0.1) is 0 Å². The monoisotopic (exact) mass is 1130 g/mol. The topological polar surface area (TPSA) is 78.9 Å². The molecule has 6 nitrogen and oxygen atoms in total. The van der Waals surface area contributed by atoms with Crippen molar-refractivity contribution in [1.82, 2.24) is 0 Å². The van der Waals surface area contributed by atoms with Crippen LogP contribution in [0.2, 0.25) is 0 Å². The average molecular weight is 1130 g/mol. The molecule has 0 rings (SSSR count). The van der Waals surface area contributed by atoms with Crippen LogP contribution in [0, 0.1) is 0 Å². The lowest BCUT2D eigenvalue weighted by atomic mass is 10.0. The van der Waals surface area contributed by atoms with Gasteiger partial charge in [0, 0.05) is 19.3 Å². The van der Waals surface area contributed by atoms with Crippen LogP contribution >= 0.6 is 0 Å². The van der Waals surface area contributed by atoms with Crippen LogP contribution in [0.15, 0.2) is 24.3 Å². The van der Waals surface area contributed by atoms with Gasteiger partial charge in [0.1, 0.15) is 13.2 Å². The molecule has 0 aliphatic heterocycles. The summed E-state index contributed by atoms with van der Waals surface area (Å²) in [5.41, 5.74) is 0. The molecule has 0 N–H and O–H groups in total. The highest BCUT2D eigenvalue weighted by molar-refractivity contribution is 5.71. The maximum Gasteiger partial charge on any atom is 0.306 e. The van der Waals surface area contributed by atoms with E-state index in [2.05, 4.69) is 45.1 Å². The van der Waals surface area contributed by atoms with Crippen molar-refractivity contribution in [3.05, 3.63) is 24.3 Å². The van der Waals surface area contributed by atoms with E-state index in [1.165, 1.54) is 315 Å². The number of carbonyl (C=O) groups is 3. The van der Waals surface area contributed by atoms with Crippen LogP contribution in [0.3, 0.4) is 0 Å². The Morgan fingerprint density at radius 3 is 0.625 bits per heavy atom. The van der Waals surface area contributed by atoms with Gasteiger partial charge in [-0.1, -0.05) is 347 Å². The predicted octanol–water partition coefficient (Wildman–Crippen LogP) is 25.0. The molecule has 472 valence electrons. The van der Waals surface area contributed by atoms with Gasteiger partial charge in [0.05, 0.1) is 0 Å². The fraction of sp³-hybridized carbons (Fsp3) is 0.905. The standard InChI is InChI=1S/C74H140O6/c1-4-7-10-13-16-19-22-25-28-30-32-34-35-36-37-38-39-41-42-44-46-49-52-55-58-61-64-67-73(76)79-70-71(69-78-72(75)66-63-60-57-54-51-48-27-24-21-18-15-12-9-6-3)80-74(77)68-65-62-59-56-53-50-47-45-43-40-33-31-29-26-23-20-17-14-11-8-5-2/h30-33,71H,4-29,34-70H2,1-3H3/b32-30-,33-31-. The van der Waals surface area contributed by atoms with Crippen LogP contribution in [0.1, 0.15) is 412 Å². The molecule has 0 amide bonds. The molecule has 0 radical (unpaired) electrons. The Balaban J connectivity index is 4.22. The minimum Gasteiger partial charge on any atom is -0.462 e. The molecular formula is C74H140O6. The molecule has 0 bridgehead atoms. The molecule has 0 heterocycles. The minimum atomic E-state index is -0.770. The maximum absolute atomic E-state index is 13.0. The average Bonchev–Trinajstić information content (AvgIpc) is 3.46. The maximum atomic E-state index is 13.0. The third kappa shape index (κ3) is 66.7. The van der Waals surface area contributed by atoms with E-state index in [1.54, 1.807) is 0 Å². The van der Waals surface area contributed by atoms with Crippen molar-refractivity contribution in [2.75, 3.05) is 13.2 Å². The fourth-order valence-electron chi connectivity index (χ4n) is 11.2. The Labute approximate surface area is 500 Å². The first-order valence-corrected chi connectivity index (χ1v) is 36.3. The summed E-state index contributed by atoms with van der Waals surface area (Å²) in [6.07, 6.45) is 85.0. The molecule has 0 spiro atoms. The number of hydrogen-bond acceptors (Lipinski definition) is 6. The molecule has 0 aliphatic rings. The van der Waals surface area contributed by atoms with E-state index in [4.69, 9.17) is 14.2 Å². The second-order valence-electron chi connectivity index (χ2n) is 24.9. The summed E-state index contributed by atoms with van der Waals surface area (Å²) in [6.45, 7) is 6.72. The van der Waals surface area contributed by atoms with E-state index >= 15 is 0 Å². The quantitative estimate of drug-likeness (QED) is 0.0261. The van der Waals surface area contributed by atoms with E-state index < -0.39 is 6.10 Å². The minimum absolute atomic E-state index is 0.0657. The van der Waals surface area contributed by atoms with Gasteiger partial charge in [0.25, 0.3) is 0 Å². The number of unbranched alkanes of at least 4 members (excludes halogenated alkanes) is 53. The van der Waals surface area contributed by atoms with Crippen molar-refractivity contribution >= 4 is 17.9 Å². The Hall–Kier alpha value is -2.11. The van der Waals surface area contributed by atoms with Crippen LogP contribution in [-0.2, 0) is 28.6 Å². The van der Waals surface area contributed by atoms with Crippen LogP contribution in [-0.4, -0.2) is 37.2 Å². The number of ether oxygens (including phenoxy) is 3. The van der Waals surface area contributed by atoms with Crippen LogP contribution in [0.25, 0.3) is 0 Å². The smallest absolute Gasteiger partial charge is 0.306 e. The molecule has 0 saturated heterocycles. The summed E-state index contributed by atoms with van der Waals surface area (Å²) in [6, 6.07) is 0. The van der Waals surface area contributed by atoms with Crippen LogP contribution in [0.5, 0.6) is 0 Å². The molecule has 1 unspecified atom stereocenters. The van der Waals surface area contributed by atoms with Crippen LogP contribution in [0.4, 0.5) is 0 Å². The van der Waals surface area contributed by atoms with Gasteiger partial charge < -0.3 is 14.2 Å². The zero-order valence-corrected chi connectivity index (χ0v) is 54.4. The SMILES string of the molecule is CCCCCCCCCC/C=C\CCCCCCCCCCCCCCCCCC(=O)OCC(COC(=O)CCCCCCCCCCCCCCCC)OC(=O)CCCCCCCCCCC/C=C\CCCCCCCCCC. The van der Waals surface area contributed by atoms with Crippen molar-refractivity contribution in [3.63, 3.8) is 0 Å². The van der Waals surface area contributed by atoms with E-state index in [9.17, 15) is 14.4 Å². The second-order valence-corrected chi connectivity index (χ2v) is 24.9. The van der Waals surface area contributed by atoms with Gasteiger partial charge in [0.2, 0.25) is 0 Å². The molecule has 0 fully saturated rings. The highest BCUT2D eigenvalue weighted by Crippen LogP contribution is 2.19. The number of hydrogen-bond donors (Lipinski definition) is 0. The number of allylic oxidation sites excluding steroid dienone is 4. The third-order valence-electron chi connectivity index (χ3n) is 16.7. The fourth-order valence-corrected chi connectivity index (χ4v) is 11.2. The normalized spacial score (nSPS) is 12.1. The van der Waals surface area contributed by atoms with Gasteiger partial charge in [-0.05, 0) is 70.6 Å². The molecule has 0 aromatic carbocycles. The molecule has 80 heavy (non-hydrogen) atoms. The Morgan fingerprint density at radius 1 is 0.237 bits per heavy atom. The van der Waals surface area contributed by atoms with Gasteiger partial charge in [-0.25, -0.2) is 0 Å². The first-order valence-electron chi connectivity index (χ1n) is 36.3. The summed E-state index contributed by atoms with van der Waals surface area (Å²) in [5.74, 6) is -0.834. The molecule has 1 atom stereocenters. The highest BCUT2D eigenvalue weighted by atomic mass is 16.6. The molecular weight excluding hydrogens is 985 g/mol. The highest BCUT2D eigenvalue weighted by Gasteiger charge is 2.19. The van der Waals surface area contributed by atoms with Gasteiger partial charge in [0.15, 0.2) is 6.10 Å². The molecule has 6 heteroatoms. The summed E-state index contributed by atoms with van der Waals surface area (Å²) in [7, 11) is 0. The Bertz CT molecular complexity index is 1290. The largest absolute Gasteiger partial charge is 0.462 e. The van der Waals surface area contributed by atoms with Gasteiger partial charge in [-0.3, -0.25) is 14.4 Å². The zero-order valence-electron chi connectivity index (χ0n) is 54.4. The summed E-state index contributed by atoms with van der Waals surface area (Å²) < 4.78 is 17.0. The Morgan fingerprint density at radius 2 is 0.412 bits per heavy atom. The van der Waals surface area contributed by atoms with E-state index in [0.717, 1.165) is 57.8 Å². The number of esters is 3. The van der Waals surface area contributed by atoms with Crippen molar-refractivity contribution in [3.8, 4) is 0 Å². The van der Waals surface area contributed by atoms with Crippen molar-refractivity contribution < 1.29 is 28.6 Å². The number of carbonyl (C=O) groups excluding carboxylic acids is 3. The molecule has 0 aromatic heterocycles. The van der Waals surface area contributed by atoms with Crippen molar-refractivity contribution in [1.29, 1.82) is 0 Å². The Kier molecular flexibility index (Phi) is 67.6. The molecule has 0 saturated carbocycles. The van der Waals surface area contributed by atoms with Gasteiger partial charge >= 0.3 is 17.9 Å². The lowest BCUT2D eigenvalue weighted by Crippen LogP contribution is -2.30. The first-order chi connectivity index (χ1) is 39.5. The van der Waals surface area contributed by atoms with Crippen molar-refractivity contribution in [2.45, 2.75) is 419 Å². The second kappa shape index (κ2) is 69.4. The van der Waals surface area contributed by atoms with Gasteiger partial charge in [-0.2, -0.15) is 0 Å². The number of rotatable bonds is 68. The lowest BCUT2D eigenvalue weighted by molar-refractivity contribution is -0.167. The third-order valence-corrected chi connectivity index (χ3v) is 16.7. The van der Waals surface area contributed by atoms with E-state index in [-0.39, 0.29) is 31.1 Å². The zero-order chi connectivity index (χ0) is 57.8. The lowest BCUT2D eigenvalue weighted by Gasteiger charge is -2.18. The summed E-state index contributed by atoms with van der Waals surface area (Å²) in [5, 5.41) is 0. The summed E-state index contributed by atoms with van der Waals surface area (Å²) >= 11 is 0. The summed E-state index contributed by atoms with van der Waals surface area (Å²) in [4.78, 5) is 38.5. The first kappa shape index (κ1) is 77.9. The molecule has 0 aromatic rings. The molecule has 0 aliphatic carbocycles.